The van der Waals surface area contributed by atoms with Crippen LogP contribution in [0, 0.1) is 5.92 Å². The summed E-state index contributed by atoms with van der Waals surface area (Å²) < 4.78 is 5.99. The van der Waals surface area contributed by atoms with Gasteiger partial charge in [-0.2, -0.15) is 0 Å². The van der Waals surface area contributed by atoms with E-state index in [0.29, 0.717) is 12.2 Å². The summed E-state index contributed by atoms with van der Waals surface area (Å²) in [5, 5.41) is 0. The van der Waals surface area contributed by atoms with Gasteiger partial charge in [0.15, 0.2) is 0 Å². The fraction of sp³-hybridized carbons (Fsp3) is 0.933. The number of rotatable bonds is 3. The summed E-state index contributed by atoms with van der Waals surface area (Å²) >= 11 is 0. The lowest BCUT2D eigenvalue weighted by molar-refractivity contribution is -0.138. The van der Waals surface area contributed by atoms with Crippen LogP contribution < -0.4 is 5.73 Å². The fourth-order valence-electron chi connectivity index (χ4n) is 3.97. The van der Waals surface area contributed by atoms with E-state index in [1.165, 1.54) is 19.3 Å². The predicted molar refractivity (Wildman–Crippen MR) is 70.3 cm³/mol. The zero-order chi connectivity index (χ0) is 12.6. The number of hydrogen-bond donors (Lipinski definition) is 1. The quantitative estimate of drug-likeness (QED) is 0.838. The largest absolute Gasteiger partial charge is 0.375 e. The number of carbonyl (C=O) groups excluding carboxylic acids is 1. The zero-order valence-electron chi connectivity index (χ0n) is 11.2. The number of nitrogens with two attached hydrogens (primary N) is 1. The van der Waals surface area contributed by atoms with Crippen molar-refractivity contribution in [3.05, 3.63) is 0 Å². The van der Waals surface area contributed by atoms with Gasteiger partial charge in [0.2, 0.25) is 0 Å². The minimum atomic E-state index is -0.155. The second-order valence-electron chi connectivity index (χ2n) is 6.79. The van der Waals surface area contributed by atoms with Crippen LogP contribution in [0.2, 0.25) is 0 Å². The highest BCUT2D eigenvalue weighted by Crippen LogP contribution is 2.43. The first kappa shape index (κ1) is 12.6. The Hall–Kier alpha value is -0.410. The van der Waals surface area contributed by atoms with Crippen LogP contribution in [-0.2, 0) is 9.53 Å². The summed E-state index contributed by atoms with van der Waals surface area (Å²) in [7, 11) is 0. The minimum absolute atomic E-state index is 0.0555. The van der Waals surface area contributed by atoms with E-state index >= 15 is 0 Å². The molecule has 3 aliphatic rings. The first-order valence-electron chi connectivity index (χ1n) is 7.57. The van der Waals surface area contributed by atoms with Crippen LogP contribution in [0.3, 0.4) is 0 Å². The molecule has 1 saturated heterocycles. The monoisotopic (exact) mass is 251 g/mol. The molecule has 1 aliphatic heterocycles. The van der Waals surface area contributed by atoms with Crippen molar-refractivity contribution in [3.63, 3.8) is 0 Å². The van der Waals surface area contributed by atoms with E-state index in [9.17, 15) is 4.79 Å². The molecule has 1 spiro atoms. The molecule has 1 atom stereocenters. The summed E-state index contributed by atoms with van der Waals surface area (Å²) in [5.41, 5.74) is 6.10. The Morgan fingerprint density at radius 3 is 2.50 bits per heavy atom. The Kier molecular flexibility index (Phi) is 3.23. The summed E-state index contributed by atoms with van der Waals surface area (Å²) in [6.45, 7) is 0.772. The standard InChI is InChI=1S/C15H25NO2/c16-14(5-3-6-14)11-13(17)12-4-9-18-15(10-12)7-1-2-8-15/h12H,1-11,16H2. The normalized spacial score (nSPS) is 33.3. The Morgan fingerprint density at radius 2 is 1.89 bits per heavy atom. The highest BCUT2D eigenvalue weighted by molar-refractivity contribution is 5.82. The van der Waals surface area contributed by atoms with Crippen molar-refractivity contribution in [3.8, 4) is 0 Å². The van der Waals surface area contributed by atoms with Crippen LogP contribution in [0.15, 0.2) is 0 Å². The van der Waals surface area contributed by atoms with Crippen LogP contribution in [0.25, 0.3) is 0 Å². The van der Waals surface area contributed by atoms with Gasteiger partial charge < -0.3 is 10.5 Å². The van der Waals surface area contributed by atoms with Crippen molar-refractivity contribution in [2.75, 3.05) is 6.61 Å². The van der Waals surface area contributed by atoms with Gasteiger partial charge in [0.25, 0.3) is 0 Å². The van der Waals surface area contributed by atoms with Gasteiger partial charge in [-0.25, -0.2) is 0 Å². The second-order valence-corrected chi connectivity index (χ2v) is 6.79. The fourth-order valence-corrected chi connectivity index (χ4v) is 3.97. The van der Waals surface area contributed by atoms with E-state index in [-0.39, 0.29) is 17.1 Å². The Bertz CT molecular complexity index is 329. The van der Waals surface area contributed by atoms with Crippen molar-refractivity contribution in [1.82, 2.24) is 0 Å². The Labute approximate surface area is 109 Å². The number of ether oxygens (including phenoxy) is 1. The van der Waals surface area contributed by atoms with Gasteiger partial charge in [0.05, 0.1) is 5.60 Å². The molecular formula is C15H25NO2. The molecule has 0 aromatic carbocycles. The third kappa shape index (κ3) is 2.35. The van der Waals surface area contributed by atoms with Crippen LogP contribution in [-0.4, -0.2) is 23.5 Å². The average Bonchev–Trinajstić information content (AvgIpc) is 2.75. The third-order valence-corrected chi connectivity index (χ3v) is 5.34. The first-order chi connectivity index (χ1) is 8.61. The first-order valence-corrected chi connectivity index (χ1v) is 7.57. The van der Waals surface area contributed by atoms with E-state index < -0.39 is 0 Å². The maximum Gasteiger partial charge on any atom is 0.138 e. The van der Waals surface area contributed by atoms with Crippen molar-refractivity contribution in [1.29, 1.82) is 0 Å². The molecule has 0 radical (unpaired) electrons. The van der Waals surface area contributed by atoms with Gasteiger partial charge >= 0.3 is 0 Å². The van der Waals surface area contributed by atoms with Crippen LogP contribution in [0.4, 0.5) is 0 Å². The zero-order valence-corrected chi connectivity index (χ0v) is 11.2. The van der Waals surface area contributed by atoms with Crippen LogP contribution >= 0.6 is 0 Å². The van der Waals surface area contributed by atoms with Gasteiger partial charge in [-0.15, -0.1) is 0 Å². The van der Waals surface area contributed by atoms with E-state index in [1.807, 2.05) is 0 Å². The van der Waals surface area contributed by atoms with E-state index in [4.69, 9.17) is 10.5 Å². The molecule has 1 unspecified atom stereocenters. The van der Waals surface area contributed by atoms with Crippen molar-refractivity contribution in [2.45, 2.75) is 75.3 Å². The average molecular weight is 251 g/mol. The molecule has 0 aromatic heterocycles. The second kappa shape index (κ2) is 4.61. The summed E-state index contributed by atoms with van der Waals surface area (Å²) in [5.74, 6) is 0.629. The molecule has 1 heterocycles. The number of Topliss-reactive ketones (excluding diaryl/α,β-unsaturated/α-hetero) is 1. The maximum atomic E-state index is 12.4. The molecule has 2 N–H and O–H groups in total. The van der Waals surface area contributed by atoms with Crippen molar-refractivity contribution < 1.29 is 9.53 Å². The van der Waals surface area contributed by atoms with E-state index in [1.54, 1.807) is 0 Å². The lowest BCUT2D eigenvalue weighted by Gasteiger charge is -2.41. The Morgan fingerprint density at radius 1 is 1.17 bits per heavy atom. The summed E-state index contributed by atoms with van der Waals surface area (Å²) in [6.07, 6.45) is 10.6. The molecule has 0 bridgehead atoms. The molecule has 0 aromatic rings. The van der Waals surface area contributed by atoms with Gasteiger partial charge in [-0.05, 0) is 44.9 Å². The number of ketones is 1. The molecule has 3 fully saturated rings. The smallest absolute Gasteiger partial charge is 0.138 e. The number of carbonyl (C=O) groups is 1. The van der Waals surface area contributed by atoms with Crippen LogP contribution in [0.1, 0.15) is 64.2 Å². The molecule has 0 amide bonds. The van der Waals surface area contributed by atoms with Crippen molar-refractivity contribution >= 4 is 5.78 Å². The minimum Gasteiger partial charge on any atom is -0.375 e. The SMILES string of the molecule is NC1(CC(=O)C2CCOC3(CCCC3)C2)CCC1. The van der Waals surface area contributed by atoms with Gasteiger partial charge in [0, 0.05) is 24.5 Å². The van der Waals surface area contributed by atoms with E-state index in [0.717, 1.165) is 45.1 Å². The summed E-state index contributed by atoms with van der Waals surface area (Å²) in [4.78, 5) is 12.4. The number of hydrogen-bond acceptors (Lipinski definition) is 3. The predicted octanol–water partition coefficient (Wildman–Crippen LogP) is 2.57. The Balaban J connectivity index is 1.59. The molecule has 2 aliphatic carbocycles. The lowest BCUT2D eigenvalue weighted by Crippen LogP contribution is -2.50. The maximum absolute atomic E-state index is 12.4. The summed E-state index contributed by atoms with van der Waals surface area (Å²) in [6, 6.07) is 0. The molecule has 3 rings (SSSR count). The topological polar surface area (TPSA) is 52.3 Å². The molecule has 3 nitrogen and oxygen atoms in total. The van der Waals surface area contributed by atoms with Gasteiger partial charge in [-0.3, -0.25) is 4.79 Å². The highest BCUT2D eigenvalue weighted by Gasteiger charge is 2.43. The lowest BCUT2D eigenvalue weighted by atomic mass is 9.71. The van der Waals surface area contributed by atoms with Crippen molar-refractivity contribution in [2.24, 2.45) is 11.7 Å². The van der Waals surface area contributed by atoms with Gasteiger partial charge in [-0.1, -0.05) is 12.8 Å². The van der Waals surface area contributed by atoms with E-state index in [2.05, 4.69) is 0 Å². The third-order valence-electron chi connectivity index (χ3n) is 5.34. The van der Waals surface area contributed by atoms with Crippen LogP contribution in [0.5, 0.6) is 0 Å². The molecule has 3 heteroatoms. The molecule has 2 saturated carbocycles. The highest BCUT2D eigenvalue weighted by atomic mass is 16.5. The molecule has 102 valence electrons. The van der Waals surface area contributed by atoms with Gasteiger partial charge in [0.1, 0.15) is 5.78 Å². The molecular weight excluding hydrogens is 226 g/mol. The molecule has 18 heavy (non-hydrogen) atoms.